The van der Waals surface area contributed by atoms with Gasteiger partial charge < -0.3 is 9.64 Å². The third kappa shape index (κ3) is 2.88. The van der Waals surface area contributed by atoms with Crippen molar-refractivity contribution in [3.63, 3.8) is 0 Å². The summed E-state index contributed by atoms with van der Waals surface area (Å²) in [6.45, 7) is 7.13. The molecule has 1 fully saturated rings. The number of nitrogens with zero attached hydrogens (tertiary/aromatic N) is 1. The van der Waals surface area contributed by atoms with Gasteiger partial charge in [0.2, 0.25) is 0 Å². The van der Waals surface area contributed by atoms with E-state index in [-0.39, 0.29) is 6.10 Å². The Morgan fingerprint density at radius 2 is 1.78 bits per heavy atom. The van der Waals surface area contributed by atoms with Gasteiger partial charge in [0.15, 0.2) is 0 Å². The van der Waals surface area contributed by atoms with Crippen molar-refractivity contribution >= 4 is 5.69 Å². The van der Waals surface area contributed by atoms with Gasteiger partial charge in [-0.05, 0) is 60.9 Å². The van der Waals surface area contributed by atoms with Crippen LogP contribution in [0.1, 0.15) is 54.0 Å². The van der Waals surface area contributed by atoms with Gasteiger partial charge in [-0.1, -0.05) is 36.4 Å². The molecule has 0 saturated heterocycles. The predicted octanol–water partition coefficient (Wildman–Crippen LogP) is 4.97. The van der Waals surface area contributed by atoms with Gasteiger partial charge in [0.25, 0.3) is 0 Å². The van der Waals surface area contributed by atoms with E-state index < -0.39 is 0 Å². The van der Waals surface area contributed by atoms with Gasteiger partial charge in [0, 0.05) is 18.8 Å². The Kier molecular flexibility index (Phi) is 3.86. The van der Waals surface area contributed by atoms with Gasteiger partial charge in [-0.2, -0.15) is 0 Å². The van der Waals surface area contributed by atoms with Gasteiger partial charge in [-0.15, -0.1) is 0 Å². The van der Waals surface area contributed by atoms with Crippen molar-refractivity contribution in [3.05, 3.63) is 64.7 Å². The Morgan fingerprint density at radius 3 is 2.57 bits per heavy atom. The number of aryl methyl sites for hydroxylation is 1. The molecule has 1 saturated carbocycles. The molecule has 120 valence electrons. The summed E-state index contributed by atoms with van der Waals surface area (Å²) in [5, 5.41) is 0. The number of hydrogen-bond donors (Lipinski definition) is 0. The molecular weight excluding hydrogens is 282 g/mol. The maximum Gasteiger partial charge on any atom is 0.0801 e. The fraction of sp³-hybridized carbons (Fsp3) is 0.429. The molecule has 23 heavy (non-hydrogen) atoms. The zero-order valence-corrected chi connectivity index (χ0v) is 14.1. The minimum atomic E-state index is 0.197. The number of benzene rings is 2. The predicted molar refractivity (Wildman–Crippen MR) is 95.0 cm³/mol. The molecule has 0 aromatic heterocycles. The van der Waals surface area contributed by atoms with E-state index in [2.05, 4.69) is 61.2 Å². The second-order valence-electron chi connectivity index (χ2n) is 6.91. The lowest BCUT2D eigenvalue weighted by Gasteiger charge is -2.32. The lowest BCUT2D eigenvalue weighted by atomic mass is 9.93. The highest BCUT2D eigenvalue weighted by molar-refractivity contribution is 5.55. The summed E-state index contributed by atoms with van der Waals surface area (Å²) in [6.07, 6.45) is 2.88. The Hall–Kier alpha value is -1.80. The van der Waals surface area contributed by atoms with Crippen molar-refractivity contribution in [2.24, 2.45) is 0 Å². The summed E-state index contributed by atoms with van der Waals surface area (Å²) in [5.74, 6) is 0.773. The topological polar surface area (TPSA) is 12.5 Å². The maximum atomic E-state index is 6.11. The van der Waals surface area contributed by atoms with Crippen LogP contribution in [0.3, 0.4) is 0 Å². The van der Waals surface area contributed by atoms with Gasteiger partial charge in [-0.25, -0.2) is 0 Å². The summed E-state index contributed by atoms with van der Waals surface area (Å²) in [5.41, 5.74) is 7.12. The largest absolute Gasteiger partial charge is 0.372 e. The third-order valence-corrected chi connectivity index (χ3v) is 5.24. The summed E-state index contributed by atoms with van der Waals surface area (Å²) >= 11 is 0. The third-order valence-electron chi connectivity index (χ3n) is 5.24. The summed E-state index contributed by atoms with van der Waals surface area (Å²) in [4.78, 5) is 2.49. The van der Waals surface area contributed by atoms with Crippen LogP contribution in [0.25, 0.3) is 0 Å². The van der Waals surface area contributed by atoms with Gasteiger partial charge >= 0.3 is 0 Å². The van der Waals surface area contributed by atoms with Crippen molar-refractivity contribution in [2.45, 2.75) is 45.3 Å². The lowest BCUT2D eigenvalue weighted by Crippen LogP contribution is -2.31. The highest BCUT2D eigenvalue weighted by Gasteiger charge is 2.29. The lowest BCUT2D eigenvalue weighted by molar-refractivity contribution is 0.0671. The number of anilines is 1. The van der Waals surface area contributed by atoms with E-state index in [0.717, 1.165) is 25.6 Å². The van der Waals surface area contributed by atoms with E-state index >= 15 is 0 Å². The van der Waals surface area contributed by atoms with Crippen LogP contribution in [0.4, 0.5) is 5.69 Å². The molecule has 0 bridgehead atoms. The van der Waals surface area contributed by atoms with E-state index in [4.69, 9.17) is 4.74 Å². The summed E-state index contributed by atoms with van der Waals surface area (Å²) in [7, 11) is 0. The molecule has 1 heterocycles. The van der Waals surface area contributed by atoms with Crippen molar-refractivity contribution in [2.75, 3.05) is 18.1 Å². The normalized spacial score (nSPS) is 21.5. The molecular formula is C21H25NO. The Labute approximate surface area is 139 Å². The molecule has 1 aliphatic carbocycles. The van der Waals surface area contributed by atoms with Crippen LogP contribution < -0.4 is 4.90 Å². The minimum Gasteiger partial charge on any atom is -0.372 e. The summed E-state index contributed by atoms with van der Waals surface area (Å²) < 4.78 is 6.11. The van der Waals surface area contributed by atoms with Crippen LogP contribution in [0.5, 0.6) is 0 Å². The van der Waals surface area contributed by atoms with Crippen molar-refractivity contribution in [3.8, 4) is 0 Å². The first-order valence-corrected chi connectivity index (χ1v) is 8.78. The second-order valence-corrected chi connectivity index (χ2v) is 6.91. The van der Waals surface area contributed by atoms with Crippen molar-refractivity contribution in [1.29, 1.82) is 0 Å². The fourth-order valence-corrected chi connectivity index (χ4v) is 3.79. The van der Waals surface area contributed by atoms with Crippen molar-refractivity contribution in [1.82, 2.24) is 0 Å². The maximum absolute atomic E-state index is 6.11. The van der Waals surface area contributed by atoms with Gasteiger partial charge in [-0.3, -0.25) is 0 Å². The molecule has 2 aromatic carbocycles. The van der Waals surface area contributed by atoms with Crippen LogP contribution in [-0.4, -0.2) is 13.2 Å². The first-order valence-electron chi connectivity index (χ1n) is 8.78. The Balaban J connectivity index is 1.76. The SMILES string of the molecule is Cc1ccccc1N1CCOC(C)c2cccc(C3CC3)c2C1. The fourth-order valence-electron chi connectivity index (χ4n) is 3.79. The molecule has 0 spiro atoms. The molecule has 2 aliphatic rings. The average molecular weight is 307 g/mol. The zero-order chi connectivity index (χ0) is 15.8. The van der Waals surface area contributed by atoms with E-state index in [0.29, 0.717) is 0 Å². The van der Waals surface area contributed by atoms with Crippen molar-refractivity contribution < 1.29 is 4.74 Å². The quantitative estimate of drug-likeness (QED) is 0.776. The van der Waals surface area contributed by atoms with E-state index in [9.17, 15) is 0 Å². The minimum absolute atomic E-state index is 0.197. The molecule has 1 atom stereocenters. The van der Waals surface area contributed by atoms with Gasteiger partial charge in [0.05, 0.1) is 12.7 Å². The Morgan fingerprint density at radius 1 is 1.00 bits per heavy atom. The number of fused-ring (bicyclic) bond motifs is 1. The monoisotopic (exact) mass is 307 g/mol. The van der Waals surface area contributed by atoms with E-state index in [1.54, 1.807) is 5.56 Å². The highest BCUT2D eigenvalue weighted by atomic mass is 16.5. The van der Waals surface area contributed by atoms with Crippen LogP contribution in [-0.2, 0) is 11.3 Å². The number of para-hydroxylation sites is 1. The van der Waals surface area contributed by atoms with Crippen LogP contribution in [0.15, 0.2) is 42.5 Å². The molecule has 1 unspecified atom stereocenters. The molecule has 0 amide bonds. The molecule has 2 aromatic rings. The first-order chi connectivity index (χ1) is 11.2. The second kappa shape index (κ2) is 6.01. The molecule has 4 rings (SSSR count). The number of rotatable bonds is 2. The average Bonchev–Trinajstić information content (AvgIpc) is 3.37. The zero-order valence-electron chi connectivity index (χ0n) is 14.1. The molecule has 0 N–H and O–H groups in total. The molecule has 2 heteroatoms. The molecule has 1 aliphatic heterocycles. The van der Waals surface area contributed by atoms with Crippen LogP contribution in [0.2, 0.25) is 0 Å². The first kappa shape index (κ1) is 14.8. The van der Waals surface area contributed by atoms with Gasteiger partial charge in [0.1, 0.15) is 0 Å². The van der Waals surface area contributed by atoms with Crippen LogP contribution >= 0.6 is 0 Å². The number of hydrogen-bond acceptors (Lipinski definition) is 2. The standard InChI is InChI=1S/C21H25NO/c1-15-6-3-4-9-21(15)22-12-13-23-16(2)18-7-5-8-19(17-10-11-17)20(18)14-22/h3-9,16-17H,10-14H2,1-2H3. The van der Waals surface area contributed by atoms with E-state index in [1.807, 2.05) is 0 Å². The van der Waals surface area contributed by atoms with E-state index in [1.165, 1.54) is 35.2 Å². The smallest absolute Gasteiger partial charge is 0.0801 e. The van der Waals surface area contributed by atoms with Crippen LogP contribution in [0, 0.1) is 6.92 Å². The summed E-state index contributed by atoms with van der Waals surface area (Å²) in [6, 6.07) is 15.5. The molecule has 0 radical (unpaired) electrons. The highest BCUT2D eigenvalue weighted by Crippen LogP contribution is 2.44. The number of ether oxygens (including phenoxy) is 1. The molecule has 2 nitrogen and oxygen atoms in total. The Bertz CT molecular complexity index is 705.